The molecule has 1 aromatic carbocycles. The fourth-order valence-corrected chi connectivity index (χ4v) is 2.88. The van der Waals surface area contributed by atoms with E-state index in [1.807, 2.05) is 11.8 Å². The lowest BCUT2D eigenvalue weighted by atomic mass is 10.0. The van der Waals surface area contributed by atoms with Gasteiger partial charge in [-0.25, -0.2) is 4.39 Å². The number of thioether (sulfide) groups is 1. The van der Waals surface area contributed by atoms with Crippen molar-refractivity contribution in [2.75, 3.05) is 31.6 Å². The number of nitrogens with one attached hydrogen (secondary N) is 1. The molecule has 1 aromatic rings. The number of rotatable bonds is 5. The standard InChI is InChI=1S/C15H21FN2O2S/c1-21-9-8-18-6-4-12(5-7-18)17-15(20)11-2-3-13(16)14(19)10-11/h2-3,10,12,19H,4-9H2,1H3,(H,17,20). The van der Waals surface area contributed by atoms with E-state index in [1.54, 1.807) is 0 Å². The number of phenolic OH excluding ortho intramolecular Hbond substituents is 1. The van der Waals surface area contributed by atoms with Gasteiger partial charge in [0.1, 0.15) is 0 Å². The van der Waals surface area contributed by atoms with Crippen molar-refractivity contribution in [2.24, 2.45) is 0 Å². The first-order valence-corrected chi connectivity index (χ1v) is 8.50. The van der Waals surface area contributed by atoms with Gasteiger partial charge in [-0.1, -0.05) is 0 Å². The van der Waals surface area contributed by atoms with Crippen LogP contribution in [0.5, 0.6) is 5.75 Å². The Kier molecular flexibility index (Phi) is 5.87. The summed E-state index contributed by atoms with van der Waals surface area (Å²) in [5.41, 5.74) is 0.290. The Morgan fingerprint density at radius 2 is 2.19 bits per heavy atom. The van der Waals surface area contributed by atoms with Crippen molar-refractivity contribution in [3.8, 4) is 5.75 Å². The molecule has 0 aliphatic carbocycles. The number of benzene rings is 1. The lowest BCUT2D eigenvalue weighted by Crippen LogP contribution is -2.45. The lowest BCUT2D eigenvalue weighted by Gasteiger charge is -2.32. The Balaban J connectivity index is 1.82. The number of nitrogens with zero attached hydrogens (tertiary/aromatic N) is 1. The fraction of sp³-hybridized carbons (Fsp3) is 0.533. The number of carbonyl (C=O) groups is 1. The predicted molar refractivity (Wildman–Crippen MR) is 83.4 cm³/mol. The molecule has 0 saturated carbocycles. The largest absolute Gasteiger partial charge is 0.505 e. The Hall–Kier alpha value is -1.27. The Labute approximate surface area is 128 Å². The number of piperidine rings is 1. The van der Waals surface area contributed by atoms with Crippen molar-refractivity contribution in [2.45, 2.75) is 18.9 Å². The van der Waals surface area contributed by atoms with Gasteiger partial charge in [0.2, 0.25) is 0 Å². The van der Waals surface area contributed by atoms with Crippen LogP contribution in [0.1, 0.15) is 23.2 Å². The highest BCUT2D eigenvalue weighted by molar-refractivity contribution is 7.98. The smallest absolute Gasteiger partial charge is 0.251 e. The number of hydrogen-bond donors (Lipinski definition) is 2. The summed E-state index contributed by atoms with van der Waals surface area (Å²) in [6, 6.07) is 3.81. The van der Waals surface area contributed by atoms with E-state index in [4.69, 9.17) is 0 Å². The molecule has 0 atom stereocenters. The maximum absolute atomic E-state index is 13.0. The van der Waals surface area contributed by atoms with Gasteiger partial charge in [0, 0.05) is 37.0 Å². The third-order valence-corrected chi connectivity index (χ3v) is 4.33. The molecule has 21 heavy (non-hydrogen) atoms. The van der Waals surface area contributed by atoms with Crippen LogP contribution in [0.4, 0.5) is 4.39 Å². The summed E-state index contributed by atoms with van der Waals surface area (Å²) in [5, 5.41) is 12.3. The van der Waals surface area contributed by atoms with Gasteiger partial charge in [-0.05, 0) is 37.3 Å². The zero-order valence-electron chi connectivity index (χ0n) is 12.1. The van der Waals surface area contributed by atoms with Crippen LogP contribution in [0.25, 0.3) is 0 Å². The zero-order chi connectivity index (χ0) is 15.2. The van der Waals surface area contributed by atoms with Gasteiger partial charge in [0.25, 0.3) is 5.91 Å². The Bertz CT molecular complexity index is 491. The lowest BCUT2D eigenvalue weighted by molar-refractivity contribution is 0.0912. The van der Waals surface area contributed by atoms with E-state index >= 15 is 0 Å². The maximum atomic E-state index is 13.0. The topological polar surface area (TPSA) is 52.6 Å². The first-order valence-electron chi connectivity index (χ1n) is 7.11. The predicted octanol–water partition coefficient (Wildman–Crippen LogP) is 2.09. The molecule has 2 rings (SSSR count). The molecule has 1 heterocycles. The molecule has 1 fully saturated rings. The number of hydrogen-bond acceptors (Lipinski definition) is 4. The van der Waals surface area contributed by atoms with Crippen molar-refractivity contribution in [3.63, 3.8) is 0 Å². The third kappa shape index (κ3) is 4.61. The molecule has 1 saturated heterocycles. The van der Waals surface area contributed by atoms with Gasteiger partial charge in [-0.15, -0.1) is 0 Å². The highest BCUT2D eigenvalue weighted by Crippen LogP contribution is 2.17. The van der Waals surface area contributed by atoms with Gasteiger partial charge in [0.15, 0.2) is 11.6 Å². The normalized spacial score (nSPS) is 16.9. The van der Waals surface area contributed by atoms with Gasteiger partial charge >= 0.3 is 0 Å². The monoisotopic (exact) mass is 312 g/mol. The van der Waals surface area contributed by atoms with E-state index in [2.05, 4.69) is 16.5 Å². The van der Waals surface area contributed by atoms with Crippen LogP contribution < -0.4 is 5.32 Å². The number of phenols is 1. The van der Waals surface area contributed by atoms with Gasteiger partial charge < -0.3 is 15.3 Å². The molecule has 0 aromatic heterocycles. The van der Waals surface area contributed by atoms with Crippen LogP contribution in [0.15, 0.2) is 18.2 Å². The second-order valence-corrected chi connectivity index (χ2v) is 6.23. The molecule has 4 nitrogen and oxygen atoms in total. The van der Waals surface area contributed by atoms with Crippen LogP contribution in [0.2, 0.25) is 0 Å². The molecule has 0 spiro atoms. The van der Waals surface area contributed by atoms with Crippen molar-refractivity contribution in [1.82, 2.24) is 10.2 Å². The number of aromatic hydroxyl groups is 1. The van der Waals surface area contributed by atoms with Crippen LogP contribution >= 0.6 is 11.8 Å². The molecule has 0 radical (unpaired) electrons. The first-order chi connectivity index (χ1) is 10.1. The summed E-state index contributed by atoms with van der Waals surface area (Å²) >= 11 is 1.84. The molecule has 1 aliphatic rings. The molecular formula is C15H21FN2O2S. The SMILES string of the molecule is CSCCN1CCC(NC(=O)c2ccc(F)c(O)c2)CC1. The van der Waals surface area contributed by atoms with Crippen molar-refractivity contribution in [3.05, 3.63) is 29.6 Å². The molecule has 116 valence electrons. The second kappa shape index (κ2) is 7.66. The average Bonchev–Trinajstić information content (AvgIpc) is 2.49. The minimum Gasteiger partial charge on any atom is -0.505 e. The number of carbonyl (C=O) groups excluding carboxylic acids is 1. The van der Waals surface area contributed by atoms with E-state index in [0.717, 1.165) is 50.4 Å². The van der Waals surface area contributed by atoms with E-state index < -0.39 is 11.6 Å². The van der Waals surface area contributed by atoms with Crippen LogP contribution in [0.3, 0.4) is 0 Å². The zero-order valence-corrected chi connectivity index (χ0v) is 13.0. The van der Waals surface area contributed by atoms with Crippen LogP contribution in [-0.4, -0.2) is 53.6 Å². The van der Waals surface area contributed by atoms with Crippen molar-refractivity contribution in [1.29, 1.82) is 0 Å². The summed E-state index contributed by atoms with van der Waals surface area (Å²) < 4.78 is 13.0. The summed E-state index contributed by atoms with van der Waals surface area (Å²) in [6.07, 6.45) is 3.95. The molecule has 1 aliphatic heterocycles. The van der Waals surface area contributed by atoms with Crippen molar-refractivity contribution >= 4 is 17.7 Å². The summed E-state index contributed by atoms with van der Waals surface area (Å²) in [5.74, 6) is -0.331. The van der Waals surface area contributed by atoms with E-state index in [-0.39, 0.29) is 11.9 Å². The molecule has 1 amide bonds. The summed E-state index contributed by atoms with van der Waals surface area (Å²) in [6.45, 7) is 3.06. The van der Waals surface area contributed by atoms with E-state index in [1.165, 1.54) is 6.07 Å². The molecular weight excluding hydrogens is 291 g/mol. The third-order valence-electron chi connectivity index (χ3n) is 3.74. The molecule has 6 heteroatoms. The van der Waals surface area contributed by atoms with Crippen LogP contribution in [0, 0.1) is 5.82 Å². The van der Waals surface area contributed by atoms with E-state index in [0.29, 0.717) is 5.56 Å². The highest BCUT2D eigenvalue weighted by atomic mass is 32.2. The van der Waals surface area contributed by atoms with E-state index in [9.17, 15) is 14.3 Å². The van der Waals surface area contributed by atoms with Crippen LogP contribution in [-0.2, 0) is 0 Å². The minimum absolute atomic E-state index is 0.148. The second-order valence-electron chi connectivity index (χ2n) is 5.25. The average molecular weight is 312 g/mol. The van der Waals surface area contributed by atoms with Crippen molar-refractivity contribution < 1.29 is 14.3 Å². The molecule has 0 bridgehead atoms. The van der Waals surface area contributed by atoms with Gasteiger partial charge in [0.05, 0.1) is 0 Å². The first kappa shape index (κ1) is 16.1. The number of halogens is 1. The van der Waals surface area contributed by atoms with Gasteiger partial charge in [-0.3, -0.25) is 4.79 Å². The quantitative estimate of drug-likeness (QED) is 0.874. The van der Waals surface area contributed by atoms with Gasteiger partial charge in [-0.2, -0.15) is 11.8 Å². The summed E-state index contributed by atoms with van der Waals surface area (Å²) in [4.78, 5) is 14.5. The Morgan fingerprint density at radius 3 is 2.81 bits per heavy atom. The molecule has 2 N–H and O–H groups in total. The molecule has 0 unspecified atom stereocenters. The summed E-state index contributed by atoms with van der Waals surface area (Å²) in [7, 11) is 0. The number of amides is 1. The minimum atomic E-state index is -0.714. The highest BCUT2D eigenvalue weighted by Gasteiger charge is 2.21. The number of likely N-dealkylation sites (tertiary alicyclic amines) is 1. The fourth-order valence-electron chi connectivity index (χ4n) is 2.44. The maximum Gasteiger partial charge on any atom is 0.251 e. The Morgan fingerprint density at radius 1 is 1.48 bits per heavy atom.